The molecule has 1 atom stereocenters. The van der Waals surface area contributed by atoms with Crippen molar-refractivity contribution in [1.82, 2.24) is 10.6 Å². The zero-order chi connectivity index (χ0) is 13.5. The molecular weight excluding hydrogens is 248 g/mol. The topological polar surface area (TPSA) is 113 Å². The summed E-state index contributed by atoms with van der Waals surface area (Å²) in [7, 11) is -3.12. The number of carbonyl (C=O) groups is 2. The molecule has 7 nitrogen and oxygen atoms in total. The van der Waals surface area contributed by atoms with Crippen LogP contribution in [0.5, 0.6) is 0 Å². The smallest absolute Gasteiger partial charge is 0.326 e. The predicted octanol–water partition coefficient (Wildman–Crippen LogP) is -0.416. The lowest BCUT2D eigenvalue weighted by Crippen LogP contribution is -2.46. The summed E-state index contributed by atoms with van der Waals surface area (Å²) in [6.07, 6.45) is 0.260. The third kappa shape index (κ3) is 6.77. The SMILES string of the molecule is CC[C@H](NC(=O)NCCS(=O)(=O)CC)C(=O)O. The number of hydrogen-bond donors (Lipinski definition) is 3. The van der Waals surface area contributed by atoms with Gasteiger partial charge in [-0.1, -0.05) is 13.8 Å². The van der Waals surface area contributed by atoms with Gasteiger partial charge >= 0.3 is 12.0 Å². The molecule has 0 radical (unpaired) electrons. The maximum absolute atomic E-state index is 11.2. The van der Waals surface area contributed by atoms with Crippen molar-refractivity contribution < 1.29 is 23.1 Å². The summed E-state index contributed by atoms with van der Waals surface area (Å²) in [5.41, 5.74) is 0. The number of hydrogen-bond acceptors (Lipinski definition) is 4. The van der Waals surface area contributed by atoms with E-state index in [-0.39, 0.29) is 24.5 Å². The van der Waals surface area contributed by atoms with Crippen LogP contribution in [0, 0.1) is 0 Å². The Bertz CT molecular complexity index is 366. The predicted molar refractivity (Wildman–Crippen MR) is 62.6 cm³/mol. The Morgan fingerprint density at radius 2 is 1.88 bits per heavy atom. The average molecular weight is 266 g/mol. The van der Waals surface area contributed by atoms with Crippen molar-refractivity contribution >= 4 is 21.8 Å². The normalized spacial score (nSPS) is 12.8. The Labute approximate surface area is 101 Å². The Balaban J connectivity index is 4.00. The van der Waals surface area contributed by atoms with Gasteiger partial charge in [-0.2, -0.15) is 0 Å². The molecule has 2 amide bonds. The van der Waals surface area contributed by atoms with E-state index >= 15 is 0 Å². The average Bonchev–Trinajstić information content (AvgIpc) is 2.25. The first-order chi connectivity index (χ1) is 7.82. The lowest BCUT2D eigenvalue weighted by Gasteiger charge is -2.12. The largest absolute Gasteiger partial charge is 0.480 e. The fourth-order valence-electron chi connectivity index (χ4n) is 1.01. The summed E-state index contributed by atoms with van der Waals surface area (Å²) < 4.78 is 22.2. The van der Waals surface area contributed by atoms with Crippen LogP contribution in [0.3, 0.4) is 0 Å². The quantitative estimate of drug-likeness (QED) is 0.579. The fourth-order valence-corrected chi connectivity index (χ4v) is 1.71. The molecule has 0 aliphatic carbocycles. The monoisotopic (exact) mass is 266 g/mol. The minimum Gasteiger partial charge on any atom is -0.480 e. The Morgan fingerprint density at radius 3 is 2.29 bits per heavy atom. The van der Waals surface area contributed by atoms with Gasteiger partial charge in [0.05, 0.1) is 5.75 Å². The molecule has 100 valence electrons. The molecular formula is C9H18N2O5S. The summed E-state index contributed by atoms with van der Waals surface area (Å²) in [6.45, 7) is 3.12. The van der Waals surface area contributed by atoms with Gasteiger partial charge in [-0.25, -0.2) is 18.0 Å². The van der Waals surface area contributed by atoms with E-state index in [4.69, 9.17) is 5.11 Å². The highest BCUT2D eigenvalue weighted by Crippen LogP contribution is 1.91. The summed E-state index contributed by atoms with van der Waals surface area (Å²) in [5.74, 6) is -1.26. The second-order valence-electron chi connectivity index (χ2n) is 3.44. The van der Waals surface area contributed by atoms with Crippen LogP contribution in [0.25, 0.3) is 0 Å². The minimum atomic E-state index is -3.12. The maximum atomic E-state index is 11.2. The number of carbonyl (C=O) groups excluding carboxylic acids is 1. The van der Waals surface area contributed by atoms with E-state index in [9.17, 15) is 18.0 Å². The molecule has 8 heteroatoms. The molecule has 0 spiro atoms. The van der Waals surface area contributed by atoms with Crippen LogP contribution in [0.2, 0.25) is 0 Å². The third-order valence-corrected chi connectivity index (χ3v) is 3.86. The molecule has 0 unspecified atom stereocenters. The fraction of sp³-hybridized carbons (Fsp3) is 0.778. The number of nitrogens with one attached hydrogen (secondary N) is 2. The van der Waals surface area contributed by atoms with Gasteiger partial charge in [0.2, 0.25) is 0 Å². The van der Waals surface area contributed by atoms with Gasteiger partial charge in [-0.05, 0) is 6.42 Å². The molecule has 0 heterocycles. The Hall–Kier alpha value is -1.31. The number of sulfone groups is 1. The van der Waals surface area contributed by atoms with Crippen LogP contribution >= 0.6 is 0 Å². The van der Waals surface area contributed by atoms with Gasteiger partial charge < -0.3 is 15.7 Å². The lowest BCUT2D eigenvalue weighted by atomic mass is 10.2. The first kappa shape index (κ1) is 15.7. The van der Waals surface area contributed by atoms with E-state index in [0.29, 0.717) is 0 Å². The first-order valence-corrected chi connectivity index (χ1v) is 7.12. The van der Waals surface area contributed by atoms with E-state index < -0.39 is 27.9 Å². The highest BCUT2D eigenvalue weighted by molar-refractivity contribution is 7.91. The van der Waals surface area contributed by atoms with Gasteiger partial charge in [-0.3, -0.25) is 0 Å². The molecule has 0 rings (SSSR count). The van der Waals surface area contributed by atoms with E-state index in [2.05, 4.69) is 10.6 Å². The van der Waals surface area contributed by atoms with Gasteiger partial charge in [0.25, 0.3) is 0 Å². The Kier molecular flexibility index (Phi) is 6.55. The number of carboxylic acids is 1. The van der Waals surface area contributed by atoms with E-state index in [1.807, 2.05) is 0 Å². The van der Waals surface area contributed by atoms with E-state index in [0.717, 1.165) is 0 Å². The third-order valence-electron chi connectivity index (χ3n) is 2.15. The van der Waals surface area contributed by atoms with E-state index in [1.165, 1.54) is 6.92 Å². The molecule has 0 aliphatic rings. The summed E-state index contributed by atoms with van der Waals surface area (Å²) in [6, 6.07) is -1.64. The van der Waals surface area contributed by atoms with Gasteiger partial charge in [-0.15, -0.1) is 0 Å². The molecule has 0 bridgehead atoms. The maximum Gasteiger partial charge on any atom is 0.326 e. The molecule has 0 fully saturated rings. The van der Waals surface area contributed by atoms with Crippen LogP contribution < -0.4 is 10.6 Å². The molecule has 3 N–H and O–H groups in total. The van der Waals surface area contributed by atoms with Crippen LogP contribution in [0.1, 0.15) is 20.3 Å². The van der Waals surface area contributed by atoms with Crippen molar-refractivity contribution in [3.05, 3.63) is 0 Å². The second-order valence-corrected chi connectivity index (χ2v) is 5.91. The molecule has 0 saturated heterocycles. The number of amides is 2. The van der Waals surface area contributed by atoms with Crippen molar-refractivity contribution in [2.24, 2.45) is 0 Å². The van der Waals surface area contributed by atoms with Gasteiger partial charge in [0.1, 0.15) is 6.04 Å². The molecule has 0 aliphatic heterocycles. The molecule has 0 aromatic heterocycles. The zero-order valence-electron chi connectivity index (χ0n) is 9.89. The van der Waals surface area contributed by atoms with Gasteiger partial charge in [0.15, 0.2) is 9.84 Å². The van der Waals surface area contributed by atoms with E-state index in [1.54, 1.807) is 6.92 Å². The van der Waals surface area contributed by atoms with Gasteiger partial charge in [0, 0.05) is 12.3 Å². The van der Waals surface area contributed by atoms with Crippen molar-refractivity contribution in [2.45, 2.75) is 26.3 Å². The molecule has 17 heavy (non-hydrogen) atoms. The van der Waals surface area contributed by atoms with Crippen LogP contribution in [-0.2, 0) is 14.6 Å². The number of aliphatic carboxylic acids is 1. The highest BCUT2D eigenvalue weighted by atomic mass is 32.2. The minimum absolute atomic E-state index is 0.0169. The number of urea groups is 1. The van der Waals surface area contributed by atoms with Crippen LogP contribution in [0.15, 0.2) is 0 Å². The van der Waals surface area contributed by atoms with Crippen molar-refractivity contribution in [2.75, 3.05) is 18.1 Å². The first-order valence-electron chi connectivity index (χ1n) is 5.30. The van der Waals surface area contributed by atoms with Crippen LogP contribution in [0.4, 0.5) is 4.79 Å². The molecule has 0 aromatic carbocycles. The second kappa shape index (κ2) is 7.10. The van der Waals surface area contributed by atoms with Crippen molar-refractivity contribution in [3.63, 3.8) is 0 Å². The lowest BCUT2D eigenvalue weighted by molar-refractivity contribution is -0.139. The summed E-state index contributed by atoms with van der Waals surface area (Å²) in [4.78, 5) is 21.8. The summed E-state index contributed by atoms with van der Waals surface area (Å²) in [5, 5.41) is 13.2. The van der Waals surface area contributed by atoms with Crippen molar-refractivity contribution in [1.29, 1.82) is 0 Å². The Morgan fingerprint density at radius 1 is 1.29 bits per heavy atom. The number of rotatable bonds is 7. The molecule has 0 saturated carbocycles. The number of carboxylic acid groups (broad SMARTS) is 1. The highest BCUT2D eigenvalue weighted by Gasteiger charge is 2.17. The zero-order valence-corrected chi connectivity index (χ0v) is 10.7. The standard InChI is InChI=1S/C9H18N2O5S/c1-3-7(8(12)13)11-9(14)10-5-6-17(15,16)4-2/h7H,3-6H2,1-2H3,(H,12,13)(H2,10,11,14)/t7-/m0/s1. The van der Waals surface area contributed by atoms with Crippen LogP contribution in [-0.4, -0.2) is 49.6 Å². The summed E-state index contributed by atoms with van der Waals surface area (Å²) >= 11 is 0. The molecule has 0 aromatic rings. The van der Waals surface area contributed by atoms with Crippen molar-refractivity contribution in [3.8, 4) is 0 Å².